The topological polar surface area (TPSA) is 71.8 Å². The number of halogens is 4. The highest BCUT2D eigenvalue weighted by Crippen LogP contribution is 2.32. The molecule has 0 spiro atoms. The lowest BCUT2D eigenvalue weighted by Crippen LogP contribution is -2.33. The lowest BCUT2D eigenvalue weighted by atomic mass is 10.3. The fourth-order valence-corrected chi connectivity index (χ4v) is 3.72. The number of sulfonamides is 1. The number of alkyl halides is 3. The third kappa shape index (κ3) is 3.50. The van der Waals surface area contributed by atoms with Crippen LogP contribution in [0.15, 0.2) is 53.7 Å². The molecule has 0 saturated heterocycles. The summed E-state index contributed by atoms with van der Waals surface area (Å²) in [5.74, 6) is -1.01. The summed E-state index contributed by atoms with van der Waals surface area (Å²) in [6.45, 7) is 0. The molecule has 142 valence electrons. The van der Waals surface area contributed by atoms with Gasteiger partial charge in [0.1, 0.15) is 5.69 Å². The second-order valence-electron chi connectivity index (χ2n) is 5.52. The van der Waals surface area contributed by atoms with Crippen LogP contribution >= 0.6 is 11.6 Å². The van der Waals surface area contributed by atoms with E-state index in [1.807, 2.05) is 0 Å². The summed E-state index contributed by atoms with van der Waals surface area (Å²) in [7, 11) is -3.10. The van der Waals surface area contributed by atoms with Crippen LogP contribution in [0.1, 0.15) is 16.1 Å². The lowest BCUT2D eigenvalue weighted by Gasteiger charge is -2.16. The summed E-state index contributed by atoms with van der Waals surface area (Å²) in [6, 6.07) is 7.92. The highest BCUT2D eigenvalue weighted by Gasteiger charge is 2.33. The quantitative estimate of drug-likeness (QED) is 0.654. The number of benzene rings is 1. The summed E-state index contributed by atoms with van der Waals surface area (Å²) in [5, 5.41) is -0.322. The molecule has 2 heterocycles. The van der Waals surface area contributed by atoms with Crippen LogP contribution in [0.4, 0.5) is 13.2 Å². The molecule has 0 atom stereocenters. The van der Waals surface area contributed by atoms with Crippen molar-refractivity contribution >= 4 is 33.2 Å². The molecule has 0 radical (unpaired) electrons. The van der Waals surface area contributed by atoms with Crippen molar-refractivity contribution in [3.8, 4) is 0 Å². The molecule has 0 bridgehead atoms. The van der Waals surface area contributed by atoms with Crippen molar-refractivity contribution in [3.63, 3.8) is 0 Å². The Kier molecular flexibility index (Phi) is 4.64. The van der Waals surface area contributed by atoms with E-state index in [-0.39, 0.29) is 21.3 Å². The van der Waals surface area contributed by atoms with Gasteiger partial charge in [0, 0.05) is 19.4 Å². The van der Waals surface area contributed by atoms with Gasteiger partial charge in [-0.05, 0) is 18.2 Å². The second kappa shape index (κ2) is 6.54. The number of carbonyl (C=O) groups excluding carboxylic acids is 1. The first-order valence-electron chi connectivity index (χ1n) is 7.35. The first-order chi connectivity index (χ1) is 12.5. The number of pyridine rings is 1. The van der Waals surface area contributed by atoms with Crippen molar-refractivity contribution < 1.29 is 26.4 Å². The van der Waals surface area contributed by atoms with E-state index in [0.29, 0.717) is 10.4 Å². The van der Waals surface area contributed by atoms with E-state index < -0.39 is 27.7 Å². The predicted octanol–water partition coefficient (Wildman–Crippen LogP) is 3.47. The summed E-state index contributed by atoms with van der Waals surface area (Å²) in [6.07, 6.45) is -2.92. The third-order valence-corrected chi connectivity index (χ3v) is 5.77. The van der Waals surface area contributed by atoms with Crippen molar-refractivity contribution in [2.45, 2.75) is 11.1 Å². The minimum Gasteiger partial charge on any atom is -0.304 e. The van der Waals surface area contributed by atoms with E-state index in [0.717, 1.165) is 23.8 Å². The number of imidazole rings is 1. The minimum absolute atomic E-state index is 0.0986. The normalized spacial score (nSPS) is 12.3. The molecule has 6 nitrogen and oxygen atoms in total. The molecule has 0 unspecified atom stereocenters. The van der Waals surface area contributed by atoms with Crippen LogP contribution < -0.4 is 0 Å². The van der Waals surface area contributed by atoms with Crippen molar-refractivity contribution in [2.75, 3.05) is 7.05 Å². The fraction of sp³-hybridized carbons (Fsp3) is 0.125. The first kappa shape index (κ1) is 19.2. The molecular weight excluding hydrogens is 407 g/mol. The van der Waals surface area contributed by atoms with E-state index in [4.69, 9.17) is 11.6 Å². The fourth-order valence-electron chi connectivity index (χ4n) is 2.34. The molecule has 3 rings (SSSR count). The molecule has 0 aliphatic carbocycles. The smallest absolute Gasteiger partial charge is 0.304 e. The third-order valence-electron chi connectivity index (χ3n) is 3.74. The van der Waals surface area contributed by atoms with Gasteiger partial charge in [0.15, 0.2) is 5.65 Å². The highest BCUT2D eigenvalue weighted by molar-refractivity contribution is 7.89. The monoisotopic (exact) mass is 417 g/mol. The van der Waals surface area contributed by atoms with E-state index in [1.54, 1.807) is 6.07 Å². The van der Waals surface area contributed by atoms with Gasteiger partial charge in [-0.15, -0.1) is 0 Å². The Balaban J connectivity index is 2.02. The molecule has 3 aromatic rings. The maximum atomic E-state index is 12.9. The minimum atomic E-state index is -4.64. The van der Waals surface area contributed by atoms with Gasteiger partial charge in [-0.1, -0.05) is 29.8 Å². The van der Waals surface area contributed by atoms with Gasteiger partial charge in [-0.2, -0.15) is 13.2 Å². The molecule has 27 heavy (non-hydrogen) atoms. The molecular formula is C16H11ClF3N3O3S. The van der Waals surface area contributed by atoms with E-state index in [1.165, 1.54) is 24.3 Å². The Morgan fingerprint density at radius 1 is 1.19 bits per heavy atom. The summed E-state index contributed by atoms with van der Waals surface area (Å²) in [5.41, 5.74) is -1.49. The zero-order valence-electron chi connectivity index (χ0n) is 13.6. The van der Waals surface area contributed by atoms with Gasteiger partial charge in [0.2, 0.25) is 0 Å². The number of rotatable bonds is 3. The first-order valence-corrected chi connectivity index (χ1v) is 9.17. The lowest BCUT2D eigenvalue weighted by molar-refractivity contribution is -0.137. The Morgan fingerprint density at radius 2 is 1.81 bits per heavy atom. The number of aromatic nitrogens is 2. The van der Waals surface area contributed by atoms with Crippen LogP contribution in [-0.4, -0.2) is 35.1 Å². The number of nitrogens with zero attached hydrogens (tertiary/aromatic N) is 3. The van der Waals surface area contributed by atoms with Gasteiger partial charge in [0.05, 0.1) is 15.5 Å². The molecule has 2 aromatic heterocycles. The van der Waals surface area contributed by atoms with Crippen molar-refractivity contribution in [2.24, 2.45) is 0 Å². The predicted molar refractivity (Wildman–Crippen MR) is 90.9 cm³/mol. The Morgan fingerprint density at radius 3 is 2.41 bits per heavy atom. The zero-order valence-corrected chi connectivity index (χ0v) is 15.2. The average molecular weight is 418 g/mol. The maximum Gasteiger partial charge on any atom is 0.417 e. The molecule has 1 aromatic carbocycles. The number of amides is 1. The van der Waals surface area contributed by atoms with Crippen LogP contribution in [0.25, 0.3) is 5.65 Å². The Labute approximate surface area is 156 Å². The largest absolute Gasteiger partial charge is 0.417 e. The summed E-state index contributed by atoms with van der Waals surface area (Å²) in [4.78, 5) is 16.3. The molecule has 0 fully saturated rings. The molecule has 11 heteroatoms. The molecule has 0 aliphatic rings. The molecule has 0 N–H and O–H groups in total. The van der Waals surface area contributed by atoms with Crippen LogP contribution in [0.2, 0.25) is 5.02 Å². The van der Waals surface area contributed by atoms with Gasteiger partial charge >= 0.3 is 6.18 Å². The summed E-state index contributed by atoms with van der Waals surface area (Å²) >= 11 is 5.83. The Hall–Kier alpha value is -2.59. The second-order valence-corrected chi connectivity index (χ2v) is 7.90. The van der Waals surface area contributed by atoms with Crippen molar-refractivity contribution in [1.29, 1.82) is 0 Å². The number of carbonyl (C=O) groups is 1. The molecule has 0 saturated carbocycles. The van der Waals surface area contributed by atoms with E-state index in [9.17, 15) is 26.4 Å². The standard InChI is InChI=1S/C16H11ClF3N3O3S/c1-22(27(25,26)11-5-3-2-4-6-11)15(24)13-9-23-8-10(16(18,19)20)7-12(17)14(23)21-13/h2-9H,1H3. The van der Waals surface area contributed by atoms with Crippen LogP contribution in [0.5, 0.6) is 0 Å². The highest BCUT2D eigenvalue weighted by atomic mass is 35.5. The van der Waals surface area contributed by atoms with Gasteiger partial charge in [-0.25, -0.2) is 17.7 Å². The van der Waals surface area contributed by atoms with E-state index in [2.05, 4.69) is 4.98 Å². The average Bonchev–Trinajstić information content (AvgIpc) is 3.05. The number of hydrogen-bond donors (Lipinski definition) is 0. The Bertz CT molecular complexity index is 1130. The zero-order chi connectivity index (χ0) is 20.0. The van der Waals surface area contributed by atoms with Gasteiger partial charge < -0.3 is 4.40 Å². The van der Waals surface area contributed by atoms with Crippen LogP contribution in [0, 0.1) is 0 Å². The van der Waals surface area contributed by atoms with Crippen molar-refractivity contribution in [3.05, 3.63) is 65.1 Å². The number of fused-ring (bicyclic) bond motifs is 1. The maximum absolute atomic E-state index is 12.9. The SMILES string of the molecule is CN(C(=O)c1cn2cc(C(F)(F)F)cc(Cl)c2n1)S(=O)(=O)c1ccccc1. The van der Waals surface area contributed by atoms with Crippen LogP contribution in [0.3, 0.4) is 0 Å². The van der Waals surface area contributed by atoms with Gasteiger partial charge in [-0.3, -0.25) is 4.79 Å². The van der Waals surface area contributed by atoms with Crippen LogP contribution in [-0.2, 0) is 16.2 Å². The van der Waals surface area contributed by atoms with Gasteiger partial charge in [0.25, 0.3) is 15.9 Å². The van der Waals surface area contributed by atoms with E-state index >= 15 is 0 Å². The molecule has 1 amide bonds. The number of hydrogen-bond acceptors (Lipinski definition) is 4. The summed E-state index contributed by atoms with van der Waals surface area (Å²) < 4.78 is 65.1. The van der Waals surface area contributed by atoms with Crippen molar-refractivity contribution in [1.82, 2.24) is 13.7 Å². The molecule has 0 aliphatic heterocycles.